The molecule has 5 heteroatoms. The topological polar surface area (TPSA) is 59.6 Å². The molecule has 0 radical (unpaired) electrons. The summed E-state index contributed by atoms with van der Waals surface area (Å²) in [5, 5.41) is 6.14. The number of amides is 1. The molecular weight excluding hydrogens is 316 g/mol. The number of para-hydroxylation sites is 2. The zero-order valence-corrected chi connectivity index (χ0v) is 15.4. The van der Waals surface area contributed by atoms with E-state index in [2.05, 4.69) is 10.6 Å². The maximum absolute atomic E-state index is 12.1. The van der Waals surface area contributed by atoms with Crippen LogP contribution in [0.5, 0.6) is 17.2 Å². The summed E-state index contributed by atoms with van der Waals surface area (Å²) in [6, 6.07) is 14.6. The molecule has 0 spiro atoms. The van der Waals surface area contributed by atoms with E-state index in [1.54, 1.807) is 7.11 Å². The van der Waals surface area contributed by atoms with Crippen LogP contribution in [0.4, 0.5) is 5.69 Å². The van der Waals surface area contributed by atoms with Crippen LogP contribution in [0.2, 0.25) is 0 Å². The van der Waals surface area contributed by atoms with Crippen molar-refractivity contribution in [1.82, 2.24) is 5.32 Å². The highest BCUT2D eigenvalue weighted by Crippen LogP contribution is 2.31. The van der Waals surface area contributed by atoms with E-state index in [1.807, 2.05) is 76.2 Å². The van der Waals surface area contributed by atoms with Crippen molar-refractivity contribution in [3.05, 3.63) is 48.5 Å². The van der Waals surface area contributed by atoms with Gasteiger partial charge < -0.3 is 20.1 Å². The number of carbonyl (C=O) groups is 1. The van der Waals surface area contributed by atoms with E-state index >= 15 is 0 Å². The first-order chi connectivity index (χ1) is 11.8. The fourth-order valence-electron chi connectivity index (χ4n) is 2.24. The summed E-state index contributed by atoms with van der Waals surface area (Å²) >= 11 is 0. The van der Waals surface area contributed by atoms with Crippen molar-refractivity contribution in [2.45, 2.75) is 39.3 Å². The minimum absolute atomic E-state index is 0.0400. The van der Waals surface area contributed by atoms with E-state index in [-0.39, 0.29) is 17.5 Å². The van der Waals surface area contributed by atoms with Gasteiger partial charge in [-0.1, -0.05) is 12.1 Å². The molecule has 25 heavy (non-hydrogen) atoms. The Balaban J connectivity index is 1.99. The third kappa shape index (κ3) is 5.71. The van der Waals surface area contributed by atoms with E-state index in [0.29, 0.717) is 17.2 Å². The molecule has 0 aliphatic carbocycles. The largest absolute Gasteiger partial charge is 0.493 e. The fraction of sp³-hybridized carbons (Fsp3) is 0.350. The molecule has 2 aromatic carbocycles. The quantitative estimate of drug-likeness (QED) is 0.826. The van der Waals surface area contributed by atoms with Crippen molar-refractivity contribution in [1.29, 1.82) is 0 Å². The molecule has 2 aromatic rings. The Morgan fingerprint density at radius 1 is 1.00 bits per heavy atom. The van der Waals surface area contributed by atoms with Crippen LogP contribution in [0, 0.1) is 0 Å². The van der Waals surface area contributed by atoms with Crippen LogP contribution in [-0.4, -0.2) is 24.6 Å². The molecule has 0 heterocycles. The van der Waals surface area contributed by atoms with Crippen molar-refractivity contribution >= 4 is 11.6 Å². The number of hydrogen-bond acceptors (Lipinski definition) is 4. The van der Waals surface area contributed by atoms with Crippen LogP contribution >= 0.6 is 0 Å². The molecule has 5 nitrogen and oxygen atoms in total. The van der Waals surface area contributed by atoms with Gasteiger partial charge in [0.2, 0.25) is 5.91 Å². The van der Waals surface area contributed by atoms with Crippen molar-refractivity contribution in [3.63, 3.8) is 0 Å². The molecule has 134 valence electrons. The number of rotatable bonds is 6. The smallest absolute Gasteiger partial charge is 0.242 e. The Morgan fingerprint density at radius 2 is 1.60 bits per heavy atom. The van der Waals surface area contributed by atoms with E-state index in [4.69, 9.17) is 9.47 Å². The molecule has 0 saturated carbocycles. The van der Waals surface area contributed by atoms with E-state index < -0.39 is 0 Å². The van der Waals surface area contributed by atoms with Gasteiger partial charge in [-0.15, -0.1) is 0 Å². The molecule has 1 amide bonds. The Bertz CT molecular complexity index is 706. The average molecular weight is 342 g/mol. The van der Waals surface area contributed by atoms with Gasteiger partial charge in [-0.3, -0.25) is 4.79 Å². The van der Waals surface area contributed by atoms with Gasteiger partial charge in [-0.05, 0) is 64.1 Å². The molecule has 1 atom stereocenters. The van der Waals surface area contributed by atoms with Crippen LogP contribution in [-0.2, 0) is 4.79 Å². The van der Waals surface area contributed by atoms with Crippen molar-refractivity contribution in [2.24, 2.45) is 0 Å². The Hall–Kier alpha value is -2.69. The minimum Gasteiger partial charge on any atom is -0.493 e. The van der Waals surface area contributed by atoms with Crippen LogP contribution in [0.3, 0.4) is 0 Å². The lowest BCUT2D eigenvalue weighted by atomic mass is 10.1. The summed E-state index contributed by atoms with van der Waals surface area (Å²) in [7, 11) is 1.61. The monoisotopic (exact) mass is 342 g/mol. The molecule has 0 bridgehead atoms. The second-order valence-corrected chi connectivity index (χ2v) is 6.88. The molecule has 0 fully saturated rings. The summed E-state index contributed by atoms with van der Waals surface area (Å²) in [5.74, 6) is 1.99. The SMILES string of the molecule is COc1ccccc1Oc1ccc(NC(C)C(=O)NC(C)(C)C)cc1. The maximum Gasteiger partial charge on any atom is 0.242 e. The van der Waals surface area contributed by atoms with Gasteiger partial charge in [0.1, 0.15) is 11.8 Å². The highest BCUT2D eigenvalue weighted by molar-refractivity contribution is 5.84. The van der Waals surface area contributed by atoms with Crippen molar-refractivity contribution < 1.29 is 14.3 Å². The zero-order chi connectivity index (χ0) is 18.4. The van der Waals surface area contributed by atoms with Crippen molar-refractivity contribution in [2.75, 3.05) is 12.4 Å². The summed E-state index contributed by atoms with van der Waals surface area (Å²) < 4.78 is 11.1. The maximum atomic E-state index is 12.1. The molecule has 0 aliphatic heterocycles. The Kier molecular flexibility index (Phi) is 5.91. The van der Waals surface area contributed by atoms with Gasteiger partial charge in [0, 0.05) is 11.2 Å². The number of ether oxygens (including phenoxy) is 2. The van der Waals surface area contributed by atoms with Crippen LogP contribution in [0.25, 0.3) is 0 Å². The third-order valence-electron chi connectivity index (χ3n) is 3.43. The van der Waals surface area contributed by atoms with Gasteiger partial charge in [-0.2, -0.15) is 0 Å². The Morgan fingerprint density at radius 3 is 2.16 bits per heavy atom. The van der Waals surface area contributed by atoms with E-state index in [9.17, 15) is 4.79 Å². The summed E-state index contributed by atoms with van der Waals surface area (Å²) in [5.41, 5.74) is 0.600. The molecule has 0 aliphatic rings. The molecule has 0 saturated heterocycles. The number of benzene rings is 2. The first-order valence-corrected chi connectivity index (χ1v) is 8.28. The van der Waals surface area contributed by atoms with Crippen molar-refractivity contribution in [3.8, 4) is 17.2 Å². The van der Waals surface area contributed by atoms with Gasteiger partial charge >= 0.3 is 0 Å². The first kappa shape index (κ1) is 18.6. The minimum atomic E-state index is -0.333. The highest BCUT2D eigenvalue weighted by atomic mass is 16.5. The van der Waals surface area contributed by atoms with Gasteiger partial charge in [0.25, 0.3) is 0 Å². The van der Waals surface area contributed by atoms with Gasteiger partial charge in [0.15, 0.2) is 11.5 Å². The number of methoxy groups -OCH3 is 1. The fourth-order valence-corrected chi connectivity index (χ4v) is 2.24. The molecule has 2 rings (SSSR count). The summed E-state index contributed by atoms with van der Waals surface area (Å²) in [6.07, 6.45) is 0. The number of hydrogen-bond donors (Lipinski definition) is 2. The lowest BCUT2D eigenvalue weighted by molar-refractivity contribution is -0.122. The lowest BCUT2D eigenvalue weighted by Gasteiger charge is -2.24. The van der Waals surface area contributed by atoms with E-state index in [1.165, 1.54) is 0 Å². The number of nitrogens with one attached hydrogen (secondary N) is 2. The standard InChI is InChI=1S/C20H26N2O3/c1-14(19(23)22-20(2,3)4)21-15-10-12-16(13-11-15)25-18-9-7-6-8-17(18)24-5/h6-14,21H,1-5H3,(H,22,23). The second-order valence-electron chi connectivity index (χ2n) is 6.88. The molecular formula is C20H26N2O3. The summed E-state index contributed by atoms with van der Waals surface area (Å²) in [4.78, 5) is 12.1. The first-order valence-electron chi connectivity index (χ1n) is 8.28. The molecule has 0 aromatic heterocycles. The third-order valence-corrected chi connectivity index (χ3v) is 3.43. The predicted octanol–water partition coefficient (Wildman–Crippen LogP) is 4.20. The van der Waals surface area contributed by atoms with Crippen LogP contribution in [0.1, 0.15) is 27.7 Å². The van der Waals surface area contributed by atoms with Crippen LogP contribution in [0.15, 0.2) is 48.5 Å². The van der Waals surface area contributed by atoms with Gasteiger partial charge in [-0.25, -0.2) is 0 Å². The van der Waals surface area contributed by atoms with E-state index in [0.717, 1.165) is 5.69 Å². The van der Waals surface area contributed by atoms with Gasteiger partial charge in [0.05, 0.1) is 7.11 Å². The number of carbonyl (C=O) groups excluding carboxylic acids is 1. The van der Waals surface area contributed by atoms with Crippen LogP contribution < -0.4 is 20.1 Å². The second kappa shape index (κ2) is 7.92. The normalized spacial score (nSPS) is 12.2. The predicted molar refractivity (Wildman–Crippen MR) is 100 cm³/mol. The summed E-state index contributed by atoms with van der Waals surface area (Å²) in [6.45, 7) is 7.71. The molecule has 1 unspecified atom stereocenters. The zero-order valence-electron chi connectivity index (χ0n) is 15.4. The lowest BCUT2D eigenvalue weighted by Crippen LogP contribution is -2.47. The average Bonchev–Trinajstić information content (AvgIpc) is 2.55. The number of anilines is 1. The Labute approximate surface area is 149 Å². The molecule has 2 N–H and O–H groups in total. The highest BCUT2D eigenvalue weighted by Gasteiger charge is 2.19.